The van der Waals surface area contributed by atoms with Crippen LogP contribution in [0.2, 0.25) is 0 Å². The van der Waals surface area contributed by atoms with Crippen molar-refractivity contribution >= 4 is 23.6 Å². The van der Waals surface area contributed by atoms with Gasteiger partial charge >= 0.3 is 5.97 Å². The van der Waals surface area contributed by atoms with Crippen LogP contribution < -0.4 is 0 Å². The lowest BCUT2D eigenvalue weighted by Gasteiger charge is -1.80. The molecule has 0 spiro atoms. The molecule has 0 aliphatic carbocycles. The molecule has 0 aliphatic rings. The van der Waals surface area contributed by atoms with Crippen molar-refractivity contribution < 1.29 is 14.7 Å². The Balaban J connectivity index is 2.76. The van der Waals surface area contributed by atoms with E-state index in [0.717, 1.165) is 0 Å². The molecule has 3 nitrogen and oxygen atoms in total. The summed E-state index contributed by atoms with van der Waals surface area (Å²) in [6.07, 6.45) is 0.888. The summed E-state index contributed by atoms with van der Waals surface area (Å²) in [6.45, 7) is 0. The number of carbonyl (C=O) groups excluding carboxylic acids is 1. The first-order chi connectivity index (χ1) is 6.24. The summed E-state index contributed by atoms with van der Waals surface area (Å²) in [5, 5.41) is 10.1. The van der Waals surface area contributed by atoms with E-state index in [4.69, 9.17) is 5.11 Å². The number of rotatable bonds is 2. The van der Waals surface area contributed by atoms with Crippen LogP contribution >= 0.6 is 11.3 Å². The SMILES string of the molecule is O=CCC#Cc1cc(C(=O)O)cs1. The highest BCUT2D eigenvalue weighted by Gasteiger charge is 2.03. The average molecular weight is 194 g/mol. The van der Waals surface area contributed by atoms with Crippen LogP contribution in [-0.4, -0.2) is 17.4 Å². The number of carboxylic acids is 1. The van der Waals surface area contributed by atoms with Gasteiger partial charge in [0.05, 0.1) is 16.9 Å². The van der Waals surface area contributed by atoms with Gasteiger partial charge in [-0.3, -0.25) is 0 Å². The molecule has 0 radical (unpaired) electrons. The van der Waals surface area contributed by atoms with E-state index in [0.29, 0.717) is 11.2 Å². The highest BCUT2D eigenvalue weighted by Crippen LogP contribution is 2.12. The van der Waals surface area contributed by atoms with Crippen LogP contribution in [0.15, 0.2) is 11.4 Å². The quantitative estimate of drug-likeness (QED) is 0.571. The van der Waals surface area contributed by atoms with Gasteiger partial charge in [0.25, 0.3) is 0 Å². The highest BCUT2D eigenvalue weighted by molar-refractivity contribution is 7.10. The minimum atomic E-state index is -0.959. The summed E-state index contributed by atoms with van der Waals surface area (Å²) in [7, 11) is 0. The number of thiophene rings is 1. The van der Waals surface area contributed by atoms with Gasteiger partial charge < -0.3 is 9.90 Å². The maximum absolute atomic E-state index is 10.4. The third kappa shape index (κ3) is 2.73. The monoisotopic (exact) mass is 194 g/mol. The summed E-state index contributed by atoms with van der Waals surface area (Å²) >= 11 is 1.26. The minimum Gasteiger partial charge on any atom is -0.478 e. The van der Waals surface area contributed by atoms with Crippen molar-refractivity contribution in [1.82, 2.24) is 0 Å². The van der Waals surface area contributed by atoms with Crippen LogP contribution in [0.3, 0.4) is 0 Å². The van der Waals surface area contributed by atoms with Gasteiger partial charge in [-0.25, -0.2) is 4.79 Å². The van der Waals surface area contributed by atoms with Crippen LogP contribution in [0.25, 0.3) is 0 Å². The van der Waals surface area contributed by atoms with Gasteiger partial charge in [0, 0.05) is 5.38 Å². The largest absolute Gasteiger partial charge is 0.478 e. The summed E-state index contributed by atoms with van der Waals surface area (Å²) < 4.78 is 0. The minimum absolute atomic E-state index is 0.181. The highest BCUT2D eigenvalue weighted by atomic mass is 32.1. The topological polar surface area (TPSA) is 54.4 Å². The number of aromatic carboxylic acids is 1. The maximum Gasteiger partial charge on any atom is 0.336 e. The lowest BCUT2D eigenvalue weighted by atomic mass is 10.3. The Labute approximate surface area is 79.0 Å². The molecule has 0 amide bonds. The zero-order valence-corrected chi connectivity index (χ0v) is 7.43. The van der Waals surface area contributed by atoms with E-state index in [1.54, 1.807) is 0 Å². The summed E-state index contributed by atoms with van der Waals surface area (Å²) in [5.41, 5.74) is 0.236. The van der Waals surface area contributed by atoms with Crippen LogP contribution in [0.4, 0.5) is 0 Å². The van der Waals surface area contributed by atoms with Crippen LogP contribution in [0.5, 0.6) is 0 Å². The van der Waals surface area contributed by atoms with E-state index in [1.807, 2.05) is 0 Å². The smallest absolute Gasteiger partial charge is 0.336 e. The Bertz CT molecular complexity index is 381. The van der Waals surface area contributed by atoms with Crippen LogP contribution in [0, 0.1) is 11.8 Å². The summed E-state index contributed by atoms with van der Waals surface area (Å²) in [5.74, 6) is 4.34. The summed E-state index contributed by atoms with van der Waals surface area (Å²) in [6, 6.07) is 1.49. The lowest BCUT2D eigenvalue weighted by Crippen LogP contribution is -1.91. The Morgan fingerprint density at radius 1 is 1.69 bits per heavy atom. The van der Waals surface area contributed by atoms with E-state index < -0.39 is 5.97 Å². The normalized spacial score (nSPS) is 8.62. The Morgan fingerprint density at radius 2 is 2.46 bits per heavy atom. The van der Waals surface area contributed by atoms with E-state index >= 15 is 0 Å². The van der Waals surface area contributed by atoms with Gasteiger partial charge in [0.2, 0.25) is 0 Å². The van der Waals surface area contributed by atoms with Crippen LogP contribution in [0.1, 0.15) is 21.7 Å². The molecule has 0 fully saturated rings. The van der Waals surface area contributed by atoms with Crippen molar-refractivity contribution in [2.45, 2.75) is 6.42 Å². The molecule has 1 heterocycles. The van der Waals surface area contributed by atoms with E-state index in [2.05, 4.69) is 11.8 Å². The molecule has 4 heteroatoms. The zero-order valence-electron chi connectivity index (χ0n) is 6.61. The second-order valence-electron chi connectivity index (χ2n) is 2.18. The Hall–Kier alpha value is -1.60. The van der Waals surface area contributed by atoms with Gasteiger partial charge in [0.15, 0.2) is 0 Å². The molecule has 0 atom stereocenters. The zero-order chi connectivity index (χ0) is 9.68. The Morgan fingerprint density at radius 3 is 3.00 bits per heavy atom. The molecule has 1 rings (SSSR count). The van der Waals surface area contributed by atoms with Gasteiger partial charge in [0.1, 0.15) is 6.29 Å². The first-order valence-electron chi connectivity index (χ1n) is 3.48. The number of hydrogen-bond acceptors (Lipinski definition) is 3. The van der Waals surface area contributed by atoms with E-state index in [9.17, 15) is 9.59 Å². The number of carboxylic acid groups (broad SMARTS) is 1. The first-order valence-corrected chi connectivity index (χ1v) is 4.36. The third-order valence-corrected chi connectivity index (χ3v) is 2.09. The molecule has 13 heavy (non-hydrogen) atoms. The second kappa shape index (κ2) is 4.43. The fraction of sp³-hybridized carbons (Fsp3) is 0.111. The van der Waals surface area contributed by atoms with Crippen molar-refractivity contribution in [3.8, 4) is 11.8 Å². The molecule has 0 saturated carbocycles. The van der Waals surface area contributed by atoms with Gasteiger partial charge in [-0.05, 0) is 6.07 Å². The van der Waals surface area contributed by atoms with E-state index in [1.165, 1.54) is 22.8 Å². The molecule has 0 unspecified atom stereocenters. The van der Waals surface area contributed by atoms with Gasteiger partial charge in [-0.1, -0.05) is 11.8 Å². The molecular formula is C9H6O3S. The average Bonchev–Trinajstić information content (AvgIpc) is 2.53. The number of carbonyl (C=O) groups is 2. The molecule has 0 saturated heterocycles. The molecular weight excluding hydrogens is 188 g/mol. The fourth-order valence-corrected chi connectivity index (χ4v) is 1.44. The van der Waals surface area contributed by atoms with Gasteiger partial charge in [-0.2, -0.15) is 0 Å². The lowest BCUT2D eigenvalue weighted by molar-refractivity contribution is -0.107. The third-order valence-electron chi connectivity index (χ3n) is 1.24. The molecule has 1 N–H and O–H groups in total. The number of hydrogen-bond donors (Lipinski definition) is 1. The molecule has 1 aromatic rings. The fourth-order valence-electron chi connectivity index (χ4n) is 0.694. The number of aldehydes is 1. The Kier molecular flexibility index (Phi) is 3.23. The molecule has 0 bridgehead atoms. The van der Waals surface area contributed by atoms with Gasteiger partial charge in [-0.15, -0.1) is 11.3 Å². The standard InChI is InChI=1S/C9H6O3S/c10-4-2-1-3-8-5-7(6-13-8)9(11)12/h4-6H,2H2,(H,11,12). The molecule has 0 aliphatic heterocycles. The first kappa shape index (κ1) is 9.49. The van der Waals surface area contributed by atoms with Crippen molar-refractivity contribution in [3.05, 3.63) is 21.9 Å². The van der Waals surface area contributed by atoms with Crippen LogP contribution in [-0.2, 0) is 4.79 Å². The van der Waals surface area contributed by atoms with Crippen molar-refractivity contribution in [2.24, 2.45) is 0 Å². The van der Waals surface area contributed by atoms with Crippen molar-refractivity contribution in [2.75, 3.05) is 0 Å². The maximum atomic E-state index is 10.4. The molecule has 0 aromatic carbocycles. The van der Waals surface area contributed by atoms with Crippen molar-refractivity contribution in [1.29, 1.82) is 0 Å². The predicted octanol–water partition coefficient (Wildman–Crippen LogP) is 1.39. The van der Waals surface area contributed by atoms with E-state index in [-0.39, 0.29) is 12.0 Å². The van der Waals surface area contributed by atoms with Crippen molar-refractivity contribution in [3.63, 3.8) is 0 Å². The molecule has 1 aromatic heterocycles. The predicted molar refractivity (Wildman–Crippen MR) is 48.8 cm³/mol. The second-order valence-corrected chi connectivity index (χ2v) is 3.09. The molecule has 66 valence electrons. The summed E-state index contributed by atoms with van der Waals surface area (Å²) in [4.78, 5) is 21.0.